The van der Waals surface area contributed by atoms with E-state index in [1.54, 1.807) is 26.0 Å². The number of rotatable bonds is 4. The monoisotopic (exact) mass is 358 g/mol. The predicted molar refractivity (Wildman–Crippen MR) is 85.2 cm³/mol. The van der Waals surface area contributed by atoms with E-state index in [0.717, 1.165) is 0 Å². The lowest BCUT2D eigenvalue weighted by atomic mass is 9.96. The van der Waals surface area contributed by atoms with E-state index in [-0.39, 0.29) is 18.2 Å². The van der Waals surface area contributed by atoms with Crippen LogP contribution in [-0.2, 0) is 6.54 Å². The van der Waals surface area contributed by atoms with E-state index in [9.17, 15) is 22.8 Å². The SMILES string of the molecule is C[C@@H]1C(CC(F)(F)F)C[C@H](C)N1C(=O)NCc1ccc(C(=O)O)cc1. The molecule has 0 aliphatic carbocycles. The number of alkyl halides is 3. The third-order valence-electron chi connectivity index (χ3n) is 4.61. The minimum Gasteiger partial charge on any atom is -0.478 e. The highest BCUT2D eigenvalue weighted by Gasteiger charge is 2.44. The average Bonchev–Trinajstić information content (AvgIpc) is 2.77. The number of nitrogens with one attached hydrogen (secondary N) is 1. The molecule has 2 N–H and O–H groups in total. The Morgan fingerprint density at radius 1 is 1.24 bits per heavy atom. The lowest BCUT2D eigenvalue weighted by molar-refractivity contribution is -0.145. The quantitative estimate of drug-likeness (QED) is 0.863. The van der Waals surface area contributed by atoms with Gasteiger partial charge in [0.1, 0.15) is 0 Å². The first-order chi connectivity index (χ1) is 11.6. The van der Waals surface area contributed by atoms with Gasteiger partial charge in [0.25, 0.3) is 0 Å². The molecule has 1 aliphatic heterocycles. The standard InChI is InChI=1S/C17H21F3N2O3/c1-10-7-14(8-17(18,19)20)11(2)22(10)16(25)21-9-12-3-5-13(6-4-12)15(23)24/h3-6,10-11,14H,7-9H2,1-2H3,(H,21,25)(H,23,24)/t10-,11+,14?/m0/s1. The zero-order chi connectivity index (χ0) is 18.8. The molecule has 138 valence electrons. The molecule has 1 heterocycles. The van der Waals surface area contributed by atoms with Crippen molar-refractivity contribution >= 4 is 12.0 Å². The van der Waals surface area contributed by atoms with Crippen LogP contribution < -0.4 is 5.32 Å². The zero-order valence-electron chi connectivity index (χ0n) is 14.0. The molecular formula is C17H21F3N2O3. The van der Waals surface area contributed by atoms with Gasteiger partial charge >= 0.3 is 18.2 Å². The molecule has 0 bridgehead atoms. The van der Waals surface area contributed by atoms with Crippen LogP contribution in [-0.4, -0.2) is 40.3 Å². The number of carbonyl (C=O) groups excluding carboxylic acids is 1. The molecule has 2 rings (SSSR count). The summed E-state index contributed by atoms with van der Waals surface area (Å²) in [6, 6.07) is 4.88. The smallest absolute Gasteiger partial charge is 0.389 e. The van der Waals surface area contributed by atoms with Crippen molar-refractivity contribution in [3.05, 3.63) is 35.4 Å². The van der Waals surface area contributed by atoms with Crippen LogP contribution in [0, 0.1) is 5.92 Å². The van der Waals surface area contributed by atoms with E-state index in [0.29, 0.717) is 12.0 Å². The van der Waals surface area contributed by atoms with Crippen molar-refractivity contribution in [2.45, 2.75) is 51.5 Å². The van der Waals surface area contributed by atoms with Gasteiger partial charge in [-0.3, -0.25) is 0 Å². The van der Waals surface area contributed by atoms with Gasteiger partial charge in [-0.2, -0.15) is 13.2 Å². The first kappa shape index (κ1) is 19.1. The molecule has 1 aliphatic rings. The van der Waals surface area contributed by atoms with Crippen LogP contribution in [0.4, 0.5) is 18.0 Å². The van der Waals surface area contributed by atoms with Gasteiger partial charge in [0.2, 0.25) is 0 Å². The van der Waals surface area contributed by atoms with E-state index in [1.165, 1.54) is 17.0 Å². The van der Waals surface area contributed by atoms with Crippen LogP contribution in [0.25, 0.3) is 0 Å². The fraction of sp³-hybridized carbons (Fsp3) is 0.529. The summed E-state index contributed by atoms with van der Waals surface area (Å²) in [6.45, 7) is 3.56. The molecule has 1 saturated heterocycles. The van der Waals surface area contributed by atoms with Crippen LogP contribution >= 0.6 is 0 Å². The maximum atomic E-state index is 12.6. The number of likely N-dealkylation sites (tertiary alicyclic amines) is 1. The van der Waals surface area contributed by atoms with Crippen molar-refractivity contribution < 1.29 is 27.9 Å². The van der Waals surface area contributed by atoms with Gasteiger partial charge in [-0.1, -0.05) is 12.1 Å². The van der Waals surface area contributed by atoms with Crippen molar-refractivity contribution in [2.75, 3.05) is 0 Å². The van der Waals surface area contributed by atoms with E-state index >= 15 is 0 Å². The Kier molecular flexibility index (Phi) is 5.59. The number of carbonyl (C=O) groups is 2. The highest BCUT2D eigenvalue weighted by atomic mass is 19.4. The van der Waals surface area contributed by atoms with Gasteiger partial charge in [0.05, 0.1) is 5.56 Å². The molecule has 0 spiro atoms. The number of carboxylic acid groups (broad SMARTS) is 1. The minimum absolute atomic E-state index is 0.145. The van der Waals surface area contributed by atoms with Crippen molar-refractivity contribution in [3.8, 4) is 0 Å². The molecule has 0 radical (unpaired) electrons. The second-order valence-electron chi connectivity index (χ2n) is 6.47. The van der Waals surface area contributed by atoms with Crippen molar-refractivity contribution in [2.24, 2.45) is 5.92 Å². The van der Waals surface area contributed by atoms with Gasteiger partial charge in [-0.25, -0.2) is 9.59 Å². The highest BCUT2D eigenvalue weighted by molar-refractivity contribution is 5.87. The largest absolute Gasteiger partial charge is 0.478 e. The maximum absolute atomic E-state index is 12.6. The number of nitrogens with zero attached hydrogens (tertiary/aromatic N) is 1. The third-order valence-corrected chi connectivity index (χ3v) is 4.61. The second-order valence-corrected chi connectivity index (χ2v) is 6.47. The van der Waals surface area contributed by atoms with E-state index in [2.05, 4.69) is 5.32 Å². The summed E-state index contributed by atoms with van der Waals surface area (Å²) in [6.07, 6.45) is -4.81. The molecule has 1 aromatic rings. The Morgan fingerprint density at radius 3 is 2.36 bits per heavy atom. The van der Waals surface area contributed by atoms with Crippen molar-refractivity contribution in [1.82, 2.24) is 10.2 Å². The molecule has 2 amide bonds. The van der Waals surface area contributed by atoms with Crippen LogP contribution in [0.3, 0.4) is 0 Å². The molecule has 8 heteroatoms. The van der Waals surface area contributed by atoms with Crippen LogP contribution in [0.15, 0.2) is 24.3 Å². The van der Waals surface area contributed by atoms with Crippen molar-refractivity contribution in [1.29, 1.82) is 0 Å². The lowest BCUT2D eigenvalue weighted by Crippen LogP contribution is -2.46. The number of amides is 2. The molecule has 0 saturated carbocycles. The summed E-state index contributed by atoms with van der Waals surface area (Å²) in [5.74, 6) is -1.64. The molecular weight excluding hydrogens is 337 g/mol. The predicted octanol–water partition coefficient (Wildman–Crippen LogP) is 3.65. The van der Waals surface area contributed by atoms with Gasteiger partial charge in [-0.05, 0) is 43.9 Å². The fourth-order valence-electron chi connectivity index (χ4n) is 3.35. The van der Waals surface area contributed by atoms with Crippen molar-refractivity contribution in [3.63, 3.8) is 0 Å². The van der Waals surface area contributed by atoms with Crippen LogP contribution in [0.2, 0.25) is 0 Å². The molecule has 1 aromatic carbocycles. The van der Waals surface area contributed by atoms with E-state index < -0.39 is 36.6 Å². The molecule has 25 heavy (non-hydrogen) atoms. The van der Waals surface area contributed by atoms with Gasteiger partial charge in [0.15, 0.2) is 0 Å². The minimum atomic E-state index is -4.24. The molecule has 1 unspecified atom stereocenters. The van der Waals surface area contributed by atoms with Crippen LogP contribution in [0.5, 0.6) is 0 Å². The Labute approximate surface area is 143 Å². The Hall–Kier alpha value is -2.25. The molecule has 0 aromatic heterocycles. The number of halogens is 3. The molecule has 5 nitrogen and oxygen atoms in total. The Morgan fingerprint density at radius 2 is 1.84 bits per heavy atom. The number of hydrogen-bond acceptors (Lipinski definition) is 2. The molecule has 3 atom stereocenters. The number of urea groups is 1. The van der Waals surface area contributed by atoms with Gasteiger partial charge in [-0.15, -0.1) is 0 Å². The molecule has 1 fully saturated rings. The fourth-order valence-corrected chi connectivity index (χ4v) is 3.35. The van der Waals surface area contributed by atoms with Gasteiger partial charge < -0.3 is 15.3 Å². The zero-order valence-corrected chi connectivity index (χ0v) is 14.0. The average molecular weight is 358 g/mol. The van der Waals surface area contributed by atoms with Gasteiger partial charge in [0, 0.05) is 25.0 Å². The summed E-state index contributed by atoms with van der Waals surface area (Å²) in [7, 11) is 0. The Bertz CT molecular complexity index is 631. The summed E-state index contributed by atoms with van der Waals surface area (Å²) in [4.78, 5) is 24.6. The first-order valence-electron chi connectivity index (χ1n) is 8.03. The highest BCUT2D eigenvalue weighted by Crippen LogP contribution is 2.37. The number of carboxylic acids is 1. The number of hydrogen-bond donors (Lipinski definition) is 2. The number of aromatic carboxylic acids is 1. The van der Waals surface area contributed by atoms with E-state index in [1.807, 2.05) is 0 Å². The third kappa shape index (κ3) is 4.87. The Balaban J connectivity index is 1.94. The second kappa shape index (κ2) is 7.33. The first-order valence-corrected chi connectivity index (χ1v) is 8.03. The summed E-state index contributed by atoms with van der Waals surface area (Å²) in [5.41, 5.74) is 0.858. The summed E-state index contributed by atoms with van der Waals surface area (Å²) < 4.78 is 37.9. The topological polar surface area (TPSA) is 69.6 Å². The summed E-state index contributed by atoms with van der Waals surface area (Å²) >= 11 is 0. The number of benzene rings is 1. The van der Waals surface area contributed by atoms with Crippen LogP contribution in [0.1, 0.15) is 42.6 Å². The summed E-state index contributed by atoms with van der Waals surface area (Å²) in [5, 5.41) is 11.5. The maximum Gasteiger partial charge on any atom is 0.389 e. The lowest BCUT2D eigenvalue weighted by Gasteiger charge is -2.28. The normalized spacial score (nSPS) is 23.6. The van der Waals surface area contributed by atoms with E-state index in [4.69, 9.17) is 5.11 Å².